The molecule has 0 bridgehead atoms. The number of hydrogen-bond acceptors (Lipinski definition) is 5. The first-order valence-electron chi connectivity index (χ1n) is 7.90. The third-order valence-electron chi connectivity index (χ3n) is 3.33. The topological polar surface area (TPSA) is 64.6 Å². The Kier molecular flexibility index (Phi) is 6.77. The smallest absolute Gasteiger partial charge is 0.257 e. The number of ether oxygens (including phenoxy) is 2. The summed E-state index contributed by atoms with van der Waals surface area (Å²) < 4.78 is 10.8. The fourth-order valence-corrected chi connectivity index (χ4v) is 2.91. The van der Waals surface area contributed by atoms with Gasteiger partial charge >= 0.3 is 0 Å². The van der Waals surface area contributed by atoms with Crippen LogP contribution in [0.5, 0.6) is 11.5 Å². The second-order valence-corrected chi connectivity index (χ2v) is 6.55. The fraction of sp³-hybridized carbons (Fsp3) is 0.263. The molecule has 6 heteroatoms. The minimum atomic E-state index is -0.189. The molecule has 0 saturated heterocycles. The van der Waals surface area contributed by atoms with Crippen molar-refractivity contribution >= 4 is 29.1 Å². The van der Waals surface area contributed by atoms with Gasteiger partial charge in [0.1, 0.15) is 0 Å². The molecule has 0 spiro atoms. The summed E-state index contributed by atoms with van der Waals surface area (Å²) in [5.74, 6) is 0.760. The SMILES string of the molecule is CCNC(=O)COc1ccc(/C=C/C(=O)c2ccc(C)s2)cc1OC. The Morgan fingerprint density at radius 2 is 2.00 bits per heavy atom. The van der Waals surface area contributed by atoms with Crippen molar-refractivity contribution in [2.45, 2.75) is 13.8 Å². The Bertz CT molecular complexity index is 779. The molecule has 2 aromatic rings. The lowest BCUT2D eigenvalue weighted by atomic mass is 10.1. The van der Waals surface area contributed by atoms with Crippen molar-refractivity contribution in [2.75, 3.05) is 20.3 Å². The Labute approximate surface area is 151 Å². The molecule has 0 aliphatic heterocycles. The molecule has 1 heterocycles. The summed E-state index contributed by atoms with van der Waals surface area (Å²) in [5.41, 5.74) is 0.809. The Morgan fingerprint density at radius 1 is 1.20 bits per heavy atom. The molecule has 0 atom stereocenters. The van der Waals surface area contributed by atoms with Crippen molar-refractivity contribution in [3.63, 3.8) is 0 Å². The van der Waals surface area contributed by atoms with Gasteiger partial charge < -0.3 is 14.8 Å². The molecule has 132 valence electrons. The van der Waals surface area contributed by atoms with Gasteiger partial charge in [0.2, 0.25) is 0 Å². The second kappa shape index (κ2) is 9.03. The van der Waals surface area contributed by atoms with Crippen LogP contribution in [0, 0.1) is 6.92 Å². The van der Waals surface area contributed by atoms with Crippen LogP contribution >= 0.6 is 11.3 Å². The molecule has 1 amide bonds. The summed E-state index contributed by atoms with van der Waals surface area (Å²) in [7, 11) is 1.53. The van der Waals surface area contributed by atoms with E-state index in [2.05, 4.69) is 5.32 Å². The maximum absolute atomic E-state index is 12.1. The first-order valence-corrected chi connectivity index (χ1v) is 8.71. The zero-order chi connectivity index (χ0) is 18.2. The maximum atomic E-state index is 12.1. The lowest BCUT2D eigenvalue weighted by Crippen LogP contribution is -2.28. The van der Waals surface area contributed by atoms with Crippen molar-refractivity contribution in [3.05, 3.63) is 51.7 Å². The van der Waals surface area contributed by atoms with Crippen LogP contribution in [0.15, 0.2) is 36.4 Å². The van der Waals surface area contributed by atoms with E-state index in [4.69, 9.17) is 9.47 Å². The quantitative estimate of drug-likeness (QED) is 0.579. The maximum Gasteiger partial charge on any atom is 0.257 e. The van der Waals surface area contributed by atoms with Crippen LogP contribution < -0.4 is 14.8 Å². The average Bonchev–Trinajstić information content (AvgIpc) is 3.05. The van der Waals surface area contributed by atoms with Crippen molar-refractivity contribution in [1.82, 2.24) is 5.32 Å². The normalized spacial score (nSPS) is 10.7. The molecule has 0 aliphatic rings. The Balaban J connectivity index is 2.06. The summed E-state index contributed by atoms with van der Waals surface area (Å²) in [4.78, 5) is 25.4. The number of carbonyl (C=O) groups is 2. The monoisotopic (exact) mass is 359 g/mol. The predicted octanol–water partition coefficient (Wildman–Crippen LogP) is 3.48. The summed E-state index contributed by atoms with van der Waals surface area (Å²) in [6, 6.07) is 9.04. The van der Waals surface area contributed by atoms with Gasteiger partial charge in [0.25, 0.3) is 5.91 Å². The Morgan fingerprint density at radius 3 is 2.64 bits per heavy atom. The van der Waals surface area contributed by atoms with Gasteiger partial charge in [-0.25, -0.2) is 0 Å². The molecule has 0 radical (unpaired) electrons. The van der Waals surface area contributed by atoms with E-state index in [0.29, 0.717) is 22.9 Å². The molecule has 0 aliphatic carbocycles. The molecule has 0 unspecified atom stereocenters. The van der Waals surface area contributed by atoms with Crippen LogP contribution in [0.3, 0.4) is 0 Å². The molecule has 0 saturated carbocycles. The number of rotatable bonds is 8. The molecule has 5 nitrogen and oxygen atoms in total. The summed E-state index contributed by atoms with van der Waals surface area (Å²) >= 11 is 1.47. The Hall–Kier alpha value is -2.60. The number of likely N-dealkylation sites (N-methyl/N-ethyl adjacent to an activating group) is 1. The van der Waals surface area contributed by atoms with Crippen molar-refractivity contribution < 1.29 is 19.1 Å². The van der Waals surface area contributed by atoms with E-state index < -0.39 is 0 Å². The van der Waals surface area contributed by atoms with Gasteiger partial charge in [0.05, 0.1) is 12.0 Å². The summed E-state index contributed by atoms with van der Waals surface area (Å²) in [6.45, 7) is 4.30. The van der Waals surface area contributed by atoms with Gasteiger partial charge in [-0.3, -0.25) is 9.59 Å². The van der Waals surface area contributed by atoms with Crippen molar-refractivity contribution in [1.29, 1.82) is 0 Å². The molecule has 1 aromatic carbocycles. The number of benzene rings is 1. The minimum absolute atomic E-state index is 0.0337. The first kappa shape index (κ1) is 18.7. The number of allylic oxidation sites excluding steroid dienone is 1. The van der Waals surface area contributed by atoms with Gasteiger partial charge in [-0.2, -0.15) is 0 Å². The van der Waals surface area contributed by atoms with Gasteiger partial charge in [-0.05, 0) is 49.8 Å². The van der Waals surface area contributed by atoms with E-state index in [1.807, 2.05) is 26.0 Å². The van der Waals surface area contributed by atoms with Crippen LogP contribution in [-0.4, -0.2) is 32.0 Å². The van der Waals surface area contributed by atoms with Crippen LogP contribution in [0.1, 0.15) is 27.0 Å². The number of carbonyl (C=O) groups excluding carboxylic acids is 2. The number of thiophene rings is 1. The van der Waals surface area contributed by atoms with Gasteiger partial charge in [0, 0.05) is 11.4 Å². The highest BCUT2D eigenvalue weighted by Gasteiger charge is 2.08. The molecule has 2 rings (SSSR count). The van der Waals surface area contributed by atoms with Gasteiger partial charge in [0.15, 0.2) is 23.9 Å². The first-order chi connectivity index (χ1) is 12.0. The van der Waals surface area contributed by atoms with Crippen LogP contribution in [-0.2, 0) is 4.79 Å². The highest BCUT2D eigenvalue weighted by molar-refractivity contribution is 7.14. The number of aryl methyl sites for hydroxylation is 1. The lowest BCUT2D eigenvalue weighted by molar-refractivity contribution is -0.123. The summed E-state index contributed by atoms with van der Waals surface area (Å²) in [5, 5.41) is 2.66. The van der Waals surface area contributed by atoms with E-state index >= 15 is 0 Å². The van der Waals surface area contributed by atoms with E-state index in [1.165, 1.54) is 24.5 Å². The van der Waals surface area contributed by atoms with Crippen LogP contribution in [0.2, 0.25) is 0 Å². The van der Waals surface area contributed by atoms with Crippen molar-refractivity contribution in [2.24, 2.45) is 0 Å². The minimum Gasteiger partial charge on any atom is -0.493 e. The van der Waals surface area contributed by atoms with E-state index in [0.717, 1.165) is 10.4 Å². The average molecular weight is 359 g/mol. The number of nitrogens with one attached hydrogen (secondary N) is 1. The number of ketones is 1. The largest absolute Gasteiger partial charge is 0.493 e. The fourth-order valence-electron chi connectivity index (χ4n) is 2.12. The molecule has 1 N–H and O–H groups in total. The number of hydrogen-bond donors (Lipinski definition) is 1. The zero-order valence-corrected chi connectivity index (χ0v) is 15.3. The standard InChI is InChI=1S/C19H21NO4S/c1-4-20-19(22)12-24-16-9-7-14(11-17(16)23-3)6-8-15(21)18-10-5-13(2)25-18/h5-11H,4,12H2,1-3H3,(H,20,22)/b8-6+. The molecule has 25 heavy (non-hydrogen) atoms. The second-order valence-electron chi connectivity index (χ2n) is 5.26. The number of amides is 1. The third-order valence-corrected chi connectivity index (χ3v) is 4.35. The van der Waals surface area contributed by atoms with Crippen molar-refractivity contribution in [3.8, 4) is 11.5 Å². The molecule has 0 fully saturated rings. The third kappa shape index (κ3) is 5.46. The summed E-state index contributed by atoms with van der Waals surface area (Å²) in [6.07, 6.45) is 3.27. The highest BCUT2D eigenvalue weighted by Crippen LogP contribution is 2.28. The molecular weight excluding hydrogens is 338 g/mol. The number of methoxy groups -OCH3 is 1. The van der Waals surface area contributed by atoms with E-state index in [1.54, 1.807) is 24.3 Å². The van der Waals surface area contributed by atoms with E-state index in [-0.39, 0.29) is 18.3 Å². The molecule has 1 aromatic heterocycles. The van der Waals surface area contributed by atoms with Crippen LogP contribution in [0.25, 0.3) is 6.08 Å². The predicted molar refractivity (Wildman–Crippen MR) is 99.6 cm³/mol. The zero-order valence-electron chi connectivity index (χ0n) is 14.5. The van der Waals surface area contributed by atoms with Gasteiger partial charge in [-0.1, -0.05) is 12.1 Å². The van der Waals surface area contributed by atoms with Gasteiger partial charge in [-0.15, -0.1) is 11.3 Å². The van der Waals surface area contributed by atoms with E-state index in [9.17, 15) is 9.59 Å². The lowest BCUT2D eigenvalue weighted by Gasteiger charge is -2.11. The van der Waals surface area contributed by atoms with Crippen LogP contribution in [0.4, 0.5) is 0 Å². The molecular formula is C19H21NO4S. The highest BCUT2D eigenvalue weighted by atomic mass is 32.1.